The van der Waals surface area contributed by atoms with Crippen LogP contribution in [-0.4, -0.2) is 69.3 Å². The minimum Gasteiger partial charge on any atom is -0.545 e. The van der Waals surface area contributed by atoms with Gasteiger partial charge in [0.05, 0.1) is 17.4 Å². The Hall–Kier alpha value is -3.17. The number of fused-ring (bicyclic) bond motifs is 1. The summed E-state index contributed by atoms with van der Waals surface area (Å²) in [5.74, 6) is -1.40. The summed E-state index contributed by atoms with van der Waals surface area (Å²) in [6.07, 6.45) is 0.942. The van der Waals surface area contributed by atoms with E-state index in [0.717, 1.165) is 23.5 Å². The van der Waals surface area contributed by atoms with Gasteiger partial charge in [-0.25, -0.2) is 31.3 Å². The van der Waals surface area contributed by atoms with Crippen molar-refractivity contribution in [3.63, 3.8) is 0 Å². The van der Waals surface area contributed by atoms with Crippen LogP contribution in [0.3, 0.4) is 0 Å². The van der Waals surface area contributed by atoms with Crippen molar-refractivity contribution in [3.05, 3.63) is 41.4 Å². The molecule has 212 valence electrons. The summed E-state index contributed by atoms with van der Waals surface area (Å²) in [7, 11) is -6.40. The fourth-order valence-corrected chi connectivity index (χ4v) is 7.53. The molecule has 20 heteroatoms. The summed E-state index contributed by atoms with van der Waals surface area (Å²) in [5, 5.41) is 20.0. The summed E-state index contributed by atoms with van der Waals surface area (Å²) >= 11 is 4.14. The number of hydrogen-bond acceptors (Lipinski definition) is 12. The van der Waals surface area contributed by atoms with E-state index in [1.807, 2.05) is 5.38 Å². The van der Waals surface area contributed by atoms with Crippen molar-refractivity contribution >= 4 is 83.1 Å². The molecule has 0 bridgehead atoms. The van der Waals surface area contributed by atoms with Crippen LogP contribution in [0.1, 0.15) is 5.69 Å². The molecule has 0 aliphatic carbocycles. The Labute approximate surface area is 236 Å². The van der Waals surface area contributed by atoms with Gasteiger partial charge in [0.2, 0.25) is 10.0 Å². The van der Waals surface area contributed by atoms with Crippen LogP contribution in [0.15, 0.2) is 55.4 Å². The van der Waals surface area contributed by atoms with E-state index in [1.165, 1.54) is 30.5 Å². The number of thioether (sulfide) groups is 2. The first-order valence-corrected chi connectivity index (χ1v) is 16.2. The third-order valence-electron chi connectivity index (χ3n) is 4.12. The number of nitrogens with one attached hydrogen (secondary N) is 3. The molecule has 0 unspecified atom stereocenters. The highest BCUT2D eigenvalue weighted by Gasteiger charge is 2.29. The zero-order valence-corrected chi connectivity index (χ0v) is 24.1. The van der Waals surface area contributed by atoms with Crippen molar-refractivity contribution in [1.82, 2.24) is 14.4 Å². The quantitative estimate of drug-likeness (QED) is 0.0661. The summed E-state index contributed by atoms with van der Waals surface area (Å²) < 4.78 is 53.5. The van der Waals surface area contributed by atoms with Gasteiger partial charge in [-0.3, -0.25) is 9.71 Å². The van der Waals surface area contributed by atoms with Gasteiger partial charge in [0.25, 0.3) is 15.2 Å². The Morgan fingerprint density at radius 1 is 1.33 bits per heavy atom. The van der Waals surface area contributed by atoms with E-state index in [4.69, 9.17) is 16.6 Å². The second-order valence-electron chi connectivity index (χ2n) is 6.98. The predicted molar refractivity (Wildman–Crippen MR) is 145 cm³/mol. The van der Waals surface area contributed by atoms with Gasteiger partial charge in [0.15, 0.2) is 5.17 Å². The van der Waals surface area contributed by atoms with E-state index in [2.05, 4.69) is 24.4 Å². The number of guanidine groups is 1. The van der Waals surface area contributed by atoms with Gasteiger partial charge in [0.1, 0.15) is 10.6 Å². The molecular weight excluding hydrogens is 615 g/mol. The number of carboxylic acid groups (broad SMARTS) is 2. The Balaban J connectivity index is 0.000000580. The molecule has 0 atom stereocenters. The SMILES string of the molecule is CNS(=O)(=O)c1ccc2c(c1)S(=O)(=O)NC(=NCCSCc1csc([NH+]=C(N)N)n1)S2.O=C([O-])/C=C/C(=O)O. The summed E-state index contributed by atoms with van der Waals surface area (Å²) in [4.78, 5) is 30.6. The van der Waals surface area contributed by atoms with Crippen molar-refractivity contribution in [2.24, 2.45) is 16.5 Å². The van der Waals surface area contributed by atoms with Crippen molar-refractivity contribution in [2.45, 2.75) is 20.4 Å². The zero-order chi connectivity index (χ0) is 29.2. The van der Waals surface area contributed by atoms with Crippen molar-refractivity contribution in [2.75, 3.05) is 19.3 Å². The first-order chi connectivity index (χ1) is 18.2. The van der Waals surface area contributed by atoms with Crippen LogP contribution in [0.25, 0.3) is 0 Å². The Kier molecular flexibility index (Phi) is 11.7. The van der Waals surface area contributed by atoms with Crippen molar-refractivity contribution in [1.29, 1.82) is 0 Å². The minimum atomic E-state index is -3.91. The van der Waals surface area contributed by atoms with E-state index in [9.17, 15) is 31.5 Å². The highest BCUT2D eigenvalue weighted by atomic mass is 32.2. The van der Waals surface area contributed by atoms with E-state index in [1.54, 1.807) is 11.8 Å². The van der Waals surface area contributed by atoms with Gasteiger partial charge < -0.3 is 26.5 Å². The molecule has 1 aliphatic rings. The van der Waals surface area contributed by atoms with E-state index >= 15 is 0 Å². The summed E-state index contributed by atoms with van der Waals surface area (Å²) in [6.45, 7) is 0.399. The van der Waals surface area contributed by atoms with Crippen LogP contribution >= 0.6 is 34.9 Å². The Morgan fingerprint density at radius 2 is 2.05 bits per heavy atom. The van der Waals surface area contributed by atoms with Crippen molar-refractivity contribution < 1.29 is 41.6 Å². The number of rotatable bonds is 10. The number of aliphatic carboxylic acids is 2. The number of hydrogen-bond donors (Lipinski definition) is 6. The van der Waals surface area contributed by atoms with Crippen molar-refractivity contribution in [3.8, 4) is 0 Å². The van der Waals surface area contributed by atoms with Gasteiger partial charge in [-0.1, -0.05) is 23.1 Å². The van der Waals surface area contributed by atoms with E-state index in [0.29, 0.717) is 40.2 Å². The molecule has 0 saturated heterocycles. The van der Waals surface area contributed by atoms with E-state index in [-0.39, 0.29) is 20.9 Å². The second-order valence-corrected chi connectivity index (χ2v) is 13.5. The second kappa shape index (κ2) is 14.3. The standard InChI is InChI=1S/C15H19N7O4S5.C4H4O4/c1-18-30(23,24)10-2-3-11-12(6-10)31(25,26)22-14(29-11)19-4-5-27-7-9-8-28-15(20-9)21-13(16)17;5-3(6)1-2-4(7)8/h2-3,6,8,18H,4-5,7H2,1H3,(H,19,22)(H4,16,17,20,21);1-2H,(H,5,6)(H,7,8)/b;2-1+. The van der Waals surface area contributed by atoms with E-state index < -0.39 is 32.0 Å². The van der Waals surface area contributed by atoms with Crippen LogP contribution in [0, 0.1) is 0 Å². The lowest BCUT2D eigenvalue weighted by Crippen LogP contribution is -2.72. The average molecular weight is 638 g/mol. The number of benzene rings is 1. The number of nitrogens with two attached hydrogens (primary N) is 2. The lowest BCUT2D eigenvalue weighted by atomic mass is 10.4. The third kappa shape index (κ3) is 10.5. The maximum Gasteiger partial charge on any atom is 0.328 e. The number of sulfonamides is 2. The molecule has 2 heterocycles. The molecule has 15 nitrogen and oxygen atoms in total. The Morgan fingerprint density at radius 3 is 2.64 bits per heavy atom. The molecule has 0 saturated carbocycles. The van der Waals surface area contributed by atoms with Gasteiger partial charge in [-0.05, 0) is 31.3 Å². The molecule has 0 fully saturated rings. The number of nitrogens with zero attached hydrogens (tertiary/aromatic N) is 2. The topological polar surface area (TPSA) is 261 Å². The lowest BCUT2D eigenvalue weighted by molar-refractivity contribution is -0.355. The van der Waals surface area contributed by atoms with Gasteiger partial charge >= 0.3 is 11.9 Å². The van der Waals surface area contributed by atoms with Crippen LogP contribution in [0.4, 0.5) is 5.13 Å². The third-order valence-corrected chi connectivity index (χ3v) is 9.95. The summed E-state index contributed by atoms with van der Waals surface area (Å²) in [6, 6.07) is 3.96. The van der Waals surface area contributed by atoms with Crippen LogP contribution in [0.2, 0.25) is 0 Å². The molecule has 1 aromatic carbocycles. The highest BCUT2D eigenvalue weighted by Crippen LogP contribution is 2.33. The maximum atomic E-state index is 12.5. The lowest BCUT2D eigenvalue weighted by Gasteiger charge is -2.19. The first kappa shape index (κ1) is 32.0. The smallest absolute Gasteiger partial charge is 0.328 e. The molecular formula is C19H23N7O8S5. The molecule has 0 spiro atoms. The number of aromatic nitrogens is 1. The summed E-state index contributed by atoms with van der Waals surface area (Å²) in [5.41, 5.74) is 11.6. The molecule has 3 rings (SSSR count). The minimum absolute atomic E-state index is 0.0817. The highest BCUT2D eigenvalue weighted by molar-refractivity contribution is 8.16. The largest absolute Gasteiger partial charge is 0.545 e. The van der Waals surface area contributed by atoms with Gasteiger partial charge in [-0.15, -0.1) is 4.98 Å². The Bertz CT molecular complexity index is 1500. The first-order valence-electron chi connectivity index (χ1n) is 10.3. The molecule has 1 aliphatic heterocycles. The molecule has 1 aromatic heterocycles. The number of carbonyl (C=O) groups is 2. The molecule has 8 N–H and O–H groups in total. The monoisotopic (exact) mass is 637 g/mol. The van der Waals surface area contributed by atoms with Gasteiger partial charge in [-0.2, -0.15) is 11.8 Å². The molecule has 0 amide bonds. The van der Waals surface area contributed by atoms with Crippen LogP contribution in [-0.2, 0) is 35.4 Å². The van der Waals surface area contributed by atoms with Gasteiger partial charge in [0, 0.05) is 27.9 Å². The zero-order valence-electron chi connectivity index (χ0n) is 20.0. The number of carboxylic acids is 2. The average Bonchev–Trinajstić information content (AvgIpc) is 3.28. The number of aliphatic imine (C=N–C) groups is 1. The fourth-order valence-electron chi connectivity index (χ4n) is 2.51. The molecule has 0 radical (unpaired) electrons. The number of thiazole rings is 1. The fraction of sp³-hybridized carbons (Fsp3) is 0.211. The molecule has 39 heavy (non-hydrogen) atoms. The molecule has 2 aromatic rings. The number of carbonyl (C=O) groups excluding carboxylic acids is 1. The van der Waals surface area contributed by atoms with Crippen LogP contribution < -0.4 is 31.0 Å². The van der Waals surface area contributed by atoms with Crippen LogP contribution in [0.5, 0.6) is 0 Å². The number of amidine groups is 1. The normalized spacial score (nSPS) is 15.1. The predicted octanol–water partition coefficient (Wildman–Crippen LogP) is -2.91. The maximum absolute atomic E-state index is 12.5.